The van der Waals surface area contributed by atoms with Gasteiger partial charge in [0, 0.05) is 32.9 Å². The van der Waals surface area contributed by atoms with Crippen LogP contribution in [-0.2, 0) is 0 Å². The third kappa shape index (κ3) is 6.48. The van der Waals surface area contributed by atoms with Gasteiger partial charge >= 0.3 is 0 Å². The maximum atomic E-state index is 4.50. The molecule has 0 saturated heterocycles. The van der Waals surface area contributed by atoms with Crippen LogP contribution in [0.3, 0.4) is 0 Å². The molecule has 0 aromatic carbocycles. The highest BCUT2D eigenvalue weighted by Gasteiger charge is 2.09. The first-order valence-electron chi connectivity index (χ1n) is 7.63. The zero-order valence-electron chi connectivity index (χ0n) is 13.9. The fourth-order valence-corrected chi connectivity index (χ4v) is 2.56. The molecule has 0 amide bonds. The van der Waals surface area contributed by atoms with Gasteiger partial charge < -0.3 is 15.1 Å². The number of nitrogens with one attached hydrogen (secondary N) is 1. The van der Waals surface area contributed by atoms with Crippen molar-refractivity contribution in [1.29, 1.82) is 0 Å². The van der Waals surface area contributed by atoms with E-state index in [1.165, 1.54) is 0 Å². The molecule has 0 saturated carbocycles. The van der Waals surface area contributed by atoms with Crippen LogP contribution in [0.4, 0.5) is 11.9 Å². The van der Waals surface area contributed by atoms with Crippen molar-refractivity contribution in [2.45, 2.75) is 32.3 Å². The Bertz CT molecular complexity index is 408. The zero-order valence-corrected chi connectivity index (χ0v) is 14.7. The summed E-state index contributed by atoms with van der Waals surface area (Å²) < 4.78 is 0. The number of hydrogen-bond donors (Lipinski definition) is 1. The van der Waals surface area contributed by atoms with E-state index in [-0.39, 0.29) is 0 Å². The summed E-state index contributed by atoms with van der Waals surface area (Å²) in [5.41, 5.74) is 0. The monoisotopic (exact) mass is 312 g/mol. The van der Waals surface area contributed by atoms with Gasteiger partial charge in [-0.15, -0.1) is 0 Å². The largest absolute Gasteiger partial charge is 0.354 e. The predicted octanol–water partition coefficient (Wildman–Crippen LogP) is 2.19. The Morgan fingerprint density at radius 3 is 2.33 bits per heavy atom. The number of thioether (sulfide) groups is 1. The Hall–Kier alpha value is -1.08. The minimum Gasteiger partial charge on any atom is -0.354 e. The predicted molar refractivity (Wildman–Crippen MR) is 91.4 cm³/mol. The smallest absolute Gasteiger partial charge is 0.230 e. The van der Waals surface area contributed by atoms with Crippen molar-refractivity contribution in [2.24, 2.45) is 0 Å². The summed E-state index contributed by atoms with van der Waals surface area (Å²) in [6, 6.07) is 0. The molecule has 1 aromatic rings. The van der Waals surface area contributed by atoms with E-state index in [0.29, 0.717) is 11.9 Å². The molecule has 0 radical (unpaired) electrons. The lowest BCUT2D eigenvalue weighted by Crippen LogP contribution is -2.25. The van der Waals surface area contributed by atoms with Gasteiger partial charge in [-0.1, -0.05) is 32.5 Å². The number of rotatable bonds is 10. The summed E-state index contributed by atoms with van der Waals surface area (Å²) in [4.78, 5) is 17.7. The Balaban J connectivity index is 2.68. The third-order valence-corrected chi connectivity index (χ3v) is 3.90. The van der Waals surface area contributed by atoms with Crippen LogP contribution in [0.25, 0.3) is 0 Å². The fourth-order valence-electron chi connectivity index (χ4n) is 1.73. The normalized spacial score (nSPS) is 11.0. The lowest BCUT2D eigenvalue weighted by molar-refractivity contribution is 0.324. The summed E-state index contributed by atoms with van der Waals surface area (Å²) in [5.74, 6) is 2.36. The second kappa shape index (κ2) is 9.78. The highest BCUT2D eigenvalue weighted by Crippen LogP contribution is 2.17. The Morgan fingerprint density at radius 1 is 1.05 bits per heavy atom. The van der Waals surface area contributed by atoms with Crippen LogP contribution in [0.15, 0.2) is 5.16 Å². The standard InChI is InChI=1S/C14H28N6S/c1-6-9-15-12-16-13(19(4)5)18-14(17-12)21-11-10-20(7-2)8-3/h6-11H2,1-5H3,(H,15,16,17,18). The topological polar surface area (TPSA) is 57.2 Å². The van der Waals surface area contributed by atoms with Gasteiger partial charge in [-0.2, -0.15) is 15.0 Å². The Kier molecular flexibility index (Phi) is 8.37. The van der Waals surface area contributed by atoms with Crippen LogP contribution in [0.2, 0.25) is 0 Å². The van der Waals surface area contributed by atoms with Crippen molar-refractivity contribution in [3.8, 4) is 0 Å². The van der Waals surface area contributed by atoms with Crippen LogP contribution in [0.1, 0.15) is 27.2 Å². The van der Waals surface area contributed by atoms with Crippen LogP contribution in [-0.4, -0.2) is 65.9 Å². The molecular formula is C14H28N6S. The van der Waals surface area contributed by atoms with E-state index in [9.17, 15) is 0 Å². The molecule has 0 bridgehead atoms. The van der Waals surface area contributed by atoms with Gasteiger partial charge in [0.1, 0.15) is 0 Å². The van der Waals surface area contributed by atoms with Crippen molar-refractivity contribution >= 4 is 23.7 Å². The fraction of sp³-hybridized carbons (Fsp3) is 0.786. The lowest BCUT2D eigenvalue weighted by atomic mass is 10.5. The first kappa shape index (κ1) is 18.0. The molecule has 0 unspecified atom stereocenters. The van der Waals surface area contributed by atoms with E-state index in [0.717, 1.165) is 43.5 Å². The van der Waals surface area contributed by atoms with Gasteiger partial charge in [-0.25, -0.2) is 0 Å². The van der Waals surface area contributed by atoms with E-state index in [1.807, 2.05) is 19.0 Å². The van der Waals surface area contributed by atoms with Crippen LogP contribution in [0.5, 0.6) is 0 Å². The Labute approximate surface area is 132 Å². The highest BCUT2D eigenvalue weighted by atomic mass is 32.2. The molecular weight excluding hydrogens is 284 g/mol. The minimum absolute atomic E-state index is 0.667. The molecule has 0 fully saturated rings. The molecule has 21 heavy (non-hydrogen) atoms. The molecule has 0 atom stereocenters. The maximum absolute atomic E-state index is 4.50. The van der Waals surface area contributed by atoms with Crippen LogP contribution >= 0.6 is 11.8 Å². The molecule has 0 aliphatic heterocycles. The molecule has 7 heteroatoms. The SMILES string of the molecule is CCCNc1nc(SCCN(CC)CC)nc(N(C)C)n1. The second-order valence-corrected chi connectivity index (χ2v) is 6.00. The maximum Gasteiger partial charge on any atom is 0.230 e. The minimum atomic E-state index is 0.667. The number of aromatic nitrogens is 3. The van der Waals surface area contributed by atoms with Gasteiger partial charge in [-0.3, -0.25) is 0 Å². The quantitative estimate of drug-likeness (QED) is 0.665. The third-order valence-electron chi connectivity index (χ3n) is 3.07. The van der Waals surface area contributed by atoms with Crippen molar-refractivity contribution < 1.29 is 0 Å². The van der Waals surface area contributed by atoms with Gasteiger partial charge in [0.15, 0.2) is 5.16 Å². The summed E-state index contributed by atoms with van der Waals surface area (Å²) in [6.45, 7) is 10.6. The first-order valence-corrected chi connectivity index (χ1v) is 8.61. The van der Waals surface area contributed by atoms with Crippen molar-refractivity contribution in [3.63, 3.8) is 0 Å². The van der Waals surface area contributed by atoms with Gasteiger partial charge in [-0.05, 0) is 19.5 Å². The molecule has 0 spiro atoms. The van der Waals surface area contributed by atoms with Crippen molar-refractivity contribution in [1.82, 2.24) is 19.9 Å². The van der Waals surface area contributed by atoms with Gasteiger partial charge in [0.2, 0.25) is 11.9 Å². The van der Waals surface area contributed by atoms with Gasteiger partial charge in [0.25, 0.3) is 0 Å². The van der Waals surface area contributed by atoms with E-state index in [1.54, 1.807) is 11.8 Å². The number of nitrogens with zero attached hydrogens (tertiary/aromatic N) is 5. The molecule has 1 rings (SSSR count). The van der Waals surface area contributed by atoms with E-state index >= 15 is 0 Å². The summed E-state index contributed by atoms with van der Waals surface area (Å²) in [7, 11) is 3.90. The molecule has 120 valence electrons. The average Bonchev–Trinajstić information content (AvgIpc) is 2.49. The van der Waals surface area contributed by atoms with E-state index in [4.69, 9.17) is 0 Å². The van der Waals surface area contributed by atoms with E-state index < -0.39 is 0 Å². The molecule has 6 nitrogen and oxygen atoms in total. The summed E-state index contributed by atoms with van der Waals surface area (Å²) in [6.07, 6.45) is 1.05. The highest BCUT2D eigenvalue weighted by molar-refractivity contribution is 7.99. The van der Waals surface area contributed by atoms with Crippen molar-refractivity contribution in [2.75, 3.05) is 56.2 Å². The summed E-state index contributed by atoms with van der Waals surface area (Å²) in [5, 5.41) is 4.03. The average molecular weight is 312 g/mol. The zero-order chi connectivity index (χ0) is 15.7. The summed E-state index contributed by atoms with van der Waals surface area (Å²) >= 11 is 1.69. The molecule has 1 heterocycles. The van der Waals surface area contributed by atoms with Crippen molar-refractivity contribution in [3.05, 3.63) is 0 Å². The number of anilines is 2. The molecule has 1 N–H and O–H groups in total. The number of hydrogen-bond acceptors (Lipinski definition) is 7. The van der Waals surface area contributed by atoms with Crippen LogP contribution in [0, 0.1) is 0 Å². The lowest BCUT2D eigenvalue weighted by Gasteiger charge is -2.17. The second-order valence-electron chi connectivity index (χ2n) is 4.94. The molecule has 0 aliphatic carbocycles. The first-order chi connectivity index (χ1) is 10.1. The molecule has 0 aliphatic rings. The van der Waals surface area contributed by atoms with Crippen LogP contribution < -0.4 is 10.2 Å². The van der Waals surface area contributed by atoms with Gasteiger partial charge in [0.05, 0.1) is 0 Å². The van der Waals surface area contributed by atoms with E-state index in [2.05, 4.69) is 45.9 Å². The Morgan fingerprint density at radius 2 is 1.76 bits per heavy atom. The molecule has 1 aromatic heterocycles.